The van der Waals surface area contributed by atoms with Crippen LogP contribution in [0.4, 0.5) is 5.69 Å². The van der Waals surface area contributed by atoms with E-state index in [0.29, 0.717) is 0 Å². The molecule has 1 unspecified atom stereocenters. The van der Waals surface area contributed by atoms with E-state index < -0.39 is 0 Å². The molecule has 1 aromatic rings. The molecule has 1 aliphatic heterocycles. The lowest BCUT2D eigenvalue weighted by Crippen LogP contribution is -2.31. The first-order valence-corrected chi connectivity index (χ1v) is 5.88. The van der Waals surface area contributed by atoms with E-state index in [4.69, 9.17) is 0 Å². The van der Waals surface area contributed by atoms with Crippen molar-refractivity contribution in [3.8, 4) is 0 Å². The molecule has 0 amide bonds. The minimum absolute atomic E-state index is 0.736. The Hall–Kier alpha value is -1.02. The highest BCUT2D eigenvalue weighted by atomic mass is 15.2. The van der Waals surface area contributed by atoms with Gasteiger partial charge in [-0.3, -0.25) is 0 Å². The molecule has 1 N–H and O–H groups in total. The molecule has 0 radical (unpaired) electrons. The molecule has 15 heavy (non-hydrogen) atoms. The Balaban J connectivity index is 2.01. The van der Waals surface area contributed by atoms with Crippen LogP contribution >= 0.6 is 0 Å². The van der Waals surface area contributed by atoms with Gasteiger partial charge >= 0.3 is 0 Å². The summed E-state index contributed by atoms with van der Waals surface area (Å²) in [5.74, 6) is 0. The van der Waals surface area contributed by atoms with Crippen molar-refractivity contribution in [3.63, 3.8) is 0 Å². The smallest absolute Gasteiger partial charge is 0.0368 e. The number of nitrogens with zero attached hydrogens (tertiary/aromatic N) is 1. The molecule has 1 atom stereocenters. The normalized spacial score (nSPS) is 20.9. The second-order valence-corrected chi connectivity index (χ2v) is 4.22. The lowest BCUT2D eigenvalue weighted by molar-refractivity contribution is 0.585. The van der Waals surface area contributed by atoms with Crippen LogP contribution in [0.2, 0.25) is 0 Å². The van der Waals surface area contributed by atoms with Gasteiger partial charge in [0.2, 0.25) is 0 Å². The van der Waals surface area contributed by atoms with E-state index in [1.807, 2.05) is 7.05 Å². The van der Waals surface area contributed by atoms with Gasteiger partial charge in [0.25, 0.3) is 0 Å². The van der Waals surface area contributed by atoms with Crippen LogP contribution in [0, 0.1) is 0 Å². The lowest BCUT2D eigenvalue weighted by Gasteiger charge is -2.26. The molecule has 1 aliphatic rings. The Kier molecular flexibility index (Phi) is 3.62. The van der Waals surface area contributed by atoms with E-state index in [-0.39, 0.29) is 0 Å². The Morgan fingerprint density at radius 2 is 2.13 bits per heavy atom. The van der Waals surface area contributed by atoms with E-state index >= 15 is 0 Å². The van der Waals surface area contributed by atoms with Gasteiger partial charge in [-0.1, -0.05) is 18.2 Å². The maximum Gasteiger partial charge on any atom is 0.0368 e. The molecule has 1 saturated heterocycles. The Labute approximate surface area is 92.3 Å². The minimum Gasteiger partial charge on any atom is -0.368 e. The van der Waals surface area contributed by atoms with Gasteiger partial charge < -0.3 is 10.2 Å². The molecule has 2 rings (SSSR count). The molecule has 1 heterocycles. The third-order valence-corrected chi connectivity index (χ3v) is 3.19. The predicted octanol–water partition coefficient (Wildman–Crippen LogP) is 2.26. The zero-order chi connectivity index (χ0) is 10.5. The van der Waals surface area contributed by atoms with Crippen LogP contribution in [-0.2, 0) is 0 Å². The topological polar surface area (TPSA) is 15.3 Å². The zero-order valence-corrected chi connectivity index (χ0v) is 9.45. The first-order chi connectivity index (χ1) is 7.42. The third kappa shape index (κ3) is 2.51. The SMILES string of the molecule is CNCCC1CCCN1c1ccccc1. The van der Waals surface area contributed by atoms with Gasteiger partial charge in [-0.2, -0.15) is 0 Å². The molecule has 0 bridgehead atoms. The third-order valence-electron chi connectivity index (χ3n) is 3.19. The van der Waals surface area contributed by atoms with Crippen molar-refractivity contribution >= 4 is 5.69 Å². The van der Waals surface area contributed by atoms with Gasteiger partial charge in [-0.15, -0.1) is 0 Å². The highest BCUT2D eigenvalue weighted by Crippen LogP contribution is 2.26. The van der Waals surface area contributed by atoms with Crippen LogP contribution < -0.4 is 10.2 Å². The van der Waals surface area contributed by atoms with Crippen molar-refractivity contribution < 1.29 is 0 Å². The molecule has 82 valence electrons. The van der Waals surface area contributed by atoms with Crippen molar-refractivity contribution in [1.29, 1.82) is 0 Å². The van der Waals surface area contributed by atoms with E-state index in [0.717, 1.165) is 12.6 Å². The Bertz CT molecular complexity index is 284. The summed E-state index contributed by atoms with van der Waals surface area (Å²) >= 11 is 0. The van der Waals surface area contributed by atoms with E-state index in [9.17, 15) is 0 Å². The minimum atomic E-state index is 0.736. The van der Waals surface area contributed by atoms with Gasteiger partial charge in [-0.25, -0.2) is 0 Å². The predicted molar refractivity (Wildman–Crippen MR) is 65.4 cm³/mol. The number of hydrogen-bond acceptors (Lipinski definition) is 2. The lowest BCUT2D eigenvalue weighted by atomic mass is 10.1. The van der Waals surface area contributed by atoms with Crippen molar-refractivity contribution in [2.24, 2.45) is 0 Å². The average Bonchev–Trinajstić information content (AvgIpc) is 2.75. The number of hydrogen-bond donors (Lipinski definition) is 1. The van der Waals surface area contributed by atoms with Crippen LogP contribution in [0.3, 0.4) is 0 Å². The summed E-state index contributed by atoms with van der Waals surface area (Å²) in [5, 5.41) is 3.24. The molecule has 0 spiro atoms. The highest BCUT2D eigenvalue weighted by Gasteiger charge is 2.23. The molecule has 2 nitrogen and oxygen atoms in total. The van der Waals surface area contributed by atoms with Gasteiger partial charge in [0.05, 0.1) is 0 Å². The molecule has 0 aliphatic carbocycles. The number of para-hydroxylation sites is 1. The largest absolute Gasteiger partial charge is 0.368 e. The van der Waals surface area contributed by atoms with Crippen LogP contribution in [0.25, 0.3) is 0 Å². The average molecular weight is 204 g/mol. The highest BCUT2D eigenvalue weighted by molar-refractivity contribution is 5.47. The molecule has 0 aromatic heterocycles. The summed E-state index contributed by atoms with van der Waals surface area (Å²) in [6.45, 7) is 2.34. The fourth-order valence-corrected chi connectivity index (χ4v) is 2.41. The van der Waals surface area contributed by atoms with E-state index in [1.165, 1.54) is 31.5 Å². The molecular formula is C13H20N2. The quantitative estimate of drug-likeness (QED) is 0.809. The number of nitrogens with one attached hydrogen (secondary N) is 1. The summed E-state index contributed by atoms with van der Waals surface area (Å²) in [5.41, 5.74) is 1.39. The van der Waals surface area contributed by atoms with Crippen molar-refractivity contribution in [2.75, 3.05) is 25.0 Å². The summed E-state index contributed by atoms with van der Waals surface area (Å²) < 4.78 is 0. The van der Waals surface area contributed by atoms with Gasteiger partial charge in [0.1, 0.15) is 0 Å². The fourth-order valence-electron chi connectivity index (χ4n) is 2.41. The van der Waals surface area contributed by atoms with Gasteiger partial charge in [-0.05, 0) is 45.0 Å². The summed E-state index contributed by atoms with van der Waals surface area (Å²) in [6.07, 6.45) is 3.94. The molecule has 1 aromatic carbocycles. The van der Waals surface area contributed by atoms with E-state index in [1.54, 1.807) is 0 Å². The Morgan fingerprint density at radius 1 is 1.33 bits per heavy atom. The van der Waals surface area contributed by atoms with Crippen LogP contribution in [0.1, 0.15) is 19.3 Å². The van der Waals surface area contributed by atoms with Gasteiger partial charge in [0.15, 0.2) is 0 Å². The zero-order valence-electron chi connectivity index (χ0n) is 9.45. The molecule has 1 fully saturated rings. The van der Waals surface area contributed by atoms with Crippen molar-refractivity contribution in [3.05, 3.63) is 30.3 Å². The van der Waals surface area contributed by atoms with Gasteiger partial charge in [0, 0.05) is 18.3 Å². The summed E-state index contributed by atoms with van der Waals surface area (Å²) in [7, 11) is 2.03. The number of anilines is 1. The molecule has 0 saturated carbocycles. The maximum atomic E-state index is 3.24. The van der Waals surface area contributed by atoms with Crippen molar-refractivity contribution in [2.45, 2.75) is 25.3 Å². The second-order valence-electron chi connectivity index (χ2n) is 4.22. The molecule has 2 heteroatoms. The monoisotopic (exact) mass is 204 g/mol. The molecular weight excluding hydrogens is 184 g/mol. The van der Waals surface area contributed by atoms with Crippen molar-refractivity contribution in [1.82, 2.24) is 5.32 Å². The maximum absolute atomic E-state index is 3.24. The summed E-state index contributed by atoms with van der Waals surface area (Å²) in [4.78, 5) is 2.55. The Morgan fingerprint density at radius 3 is 2.87 bits per heavy atom. The summed E-state index contributed by atoms with van der Waals surface area (Å²) in [6, 6.07) is 11.5. The standard InChI is InChI=1S/C13H20N2/c1-14-10-9-13-8-5-11-15(13)12-6-3-2-4-7-12/h2-4,6-7,13-14H,5,8-11H2,1H3. The first-order valence-electron chi connectivity index (χ1n) is 5.88. The van der Waals surface area contributed by atoms with Crippen LogP contribution in [0.15, 0.2) is 30.3 Å². The fraction of sp³-hybridized carbons (Fsp3) is 0.538. The first kappa shape index (κ1) is 10.5. The van der Waals surface area contributed by atoms with Crippen LogP contribution in [0.5, 0.6) is 0 Å². The number of benzene rings is 1. The van der Waals surface area contributed by atoms with Crippen LogP contribution in [-0.4, -0.2) is 26.2 Å². The van der Waals surface area contributed by atoms with E-state index in [2.05, 4.69) is 40.5 Å². The number of rotatable bonds is 4. The second kappa shape index (κ2) is 5.17.